The minimum absolute atomic E-state index is 0.216. The second-order valence-electron chi connectivity index (χ2n) is 4.41. The van der Waals surface area contributed by atoms with Gasteiger partial charge in [0, 0.05) is 24.7 Å². The molecule has 0 radical (unpaired) electrons. The van der Waals surface area contributed by atoms with Crippen LogP contribution in [0.1, 0.15) is 11.1 Å². The summed E-state index contributed by atoms with van der Waals surface area (Å²) in [6.45, 7) is 1.25. The molecule has 0 amide bonds. The van der Waals surface area contributed by atoms with Crippen LogP contribution in [0.15, 0.2) is 42.5 Å². The minimum Gasteiger partial charge on any atom is -0.497 e. The zero-order chi connectivity index (χ0) is 14.4. The number of rotatable bonds is 6. The van der Waals surface area contributed by atoms with Crippen molar-refractivity contribution < 1.29 is 13.9 Å². The van der Waals surface area contributed by atoms with Crippen molar-refractivity contribution in [1.29, 1.82) is 0 Å². The van der Waals surface area contributed by atoms with Gasteiger partial charge in [-0.05, 0) is 23.8 Å². The number of hydrogen-bond acceptors (Lipinski definition) is 3. The van der Waals surface area contributed by atoms with E-state index in [4.69, 9.17) is 9.47 Å². The summed E-state index contributed by atoms with van der Waals surface area (Å²) < 4.78 is 23.5. The van der Waals surface area contributed by atoms with Gasteiger partial charge in [-0.2, -0.15) is 0 Å². The average Bonchev–Trinajstić information content (AvgIpc) is 2.47. The van der Waals surface area contributed by atoms with E-state index in [1.54, 1.807) is 20.3 Å². The number of methoxy groups -OCH3 is 2. The molecular formula is C16H18FNO2. The van der Waals surface area contributed by atoms with Crippen LogP contribution in [0.5, 0.6) is 11.5 Å². The van der Waals surface area contributed by atoms with Gasteiger partial charge in [-0.3, -0.25) is 0 Å². The zero-order valence-electron chi connectivity index (χ0n) is 11.7. The predicted molar refractivity (Wildman–Crippen MR) is 76.5 cm³/mol. The van der Waals surface area contributed by atoms with Crippen LogP contribution in [0.3, 0.4) is 0 Å². The molecule has 20 heavy (non-hydrogen) atoms. The Kier molecular flexibility index (Phi) is 4.96. The van der Waals surface area contributed by atoms with Crippen molar-refractivity contribution in [3.05, 3.63) is 59.4 Å². The summed E-state index contributed by atoms with van der Waals surface area (Å²) in [5, 5.41) is 3.27. The Morgan fingerprint density at radius 3 is 2.55 bits per heavy atom. The first-order chi connectivity index (χ1) is 9.72. The molecule has 0 aliphatic rings. The highest BCUT2D eigenvalue weighted by atomic mass is 19.1. The number of hydrogen-bond donors (Lipinski definition) is 1. The molecule has 0 saturated carbocycles. The summed E-state index contributed by atoms with van der Waals surface area (Å²) in [5.41, 5.74) is 1.95. The molecule has 3 nitrogen and oxygen atoms in total. The fraction of sp³-hybridized carbons (Fsp3) is 0.250. The van der Waals surface area contributed by atoms with E-state index in [0.29, 0.717) is 13.1 Å². The molecule has 106 valence electrons. The Balaban J connectivity index is 1.97. The summed E-state index contributed by atoms with van der Waals surface area (Å²) in [6.07, 6.45) is 0. The first kappa shape index (κ1) is 14.3. The topological polar surface area (TPSA) is 30.5 Å². The van der Waals surface area contributed by atoms with Gasteiger partial charge in [0.25, 0.3) is 0 Å². The van der Waals surface area contributed by atoms with Gasteiger partial charge in [-0.25, -0.2) is 4.39 Å². The third-order valence-corrected chi connectivity index (χ3v) is 3.03. The molecule has 2 aromatic carbocycles. The molecule has 1 N–H and O–H groups in total. The van der Waals surface area contributed by atoms with Crippen molar-refractivity contribution in [3.63, 3.8) is 0 Å². The van der Waals surface area contributed by atoms with Gasteiger partial charge in [0.05, 0.1) is 14.2 Å². The SMILES string of the molecule is COc1ccc(CNCc2cccc(F)c2)c(OC)c1. The molecule has 4 heteroatoms. The third-order valence-electron chi connectivity index (χ3n) is 3.03. The highest BCUT2D eigenvalue weighted by Gasteiger charge is 2.04. The second-order valence-corrected chi connectivity index (χ2v) is 4.41. The maximum absolute atomic E-state index is 13.1. The van der Waals surface area contributed by atoms with E-state index in [0.717, 1.165) is 22.6 Å². The zero-order valence-corrected chi connectivity index (χ0v) is 11.7. The van der Waals surface area contributed by atoms with Gasteiger partial charge >= 0.3 is 0 Å². The van der Waals surface area contributed by atoms with E-state index in [9.17, 15) is 4.39 Å². The van der Waals surface area contributed by atoms with E-state index in [2.05, 4.69) is 5.32 Å². The van der Waals surface area contributed by atoms with Crippen molar-refractivity contribution >= 4 is 0 Å². The maximum Gasteiger partial charge on any atom is 0.127 e. The largest absolute Gasteiger partial charge is 0.497 e. The Labute approximate surface area is 118 Å². The molecule has 0 aliphatic heterocycles. The number of halogens is 1. The summed E-state index contributed by atoms with van der Waals surface area (Å²) in [4.78, 5) is 0. The maximum atomic E-state index is 13.1. The van der Waals surface area contributed by atoms with Gasteiger partial charge in [0.2, 0.25) is 0 Å². The molecule has 0 spiro atoms. The normalized spacial score (nSPS) is 10.3. The van der Waals surface area contributed by atoms with Crippen LogP contribution in [-0.2, 0) is 13.1 Å². The molecule has 2 rings (SSSR count). The Morgan fingerprint density at radius 1 is 1.00 bits per heavy atom. The molecule has 0 heterocycles. The predicted octanol–water partition coefficient (Wildman–Crippen LogP) is 3.13. The second kappa shape index (κ2) is 6.91. The van der Waals surface area contributed by atoms with E-state index in [1.807, 2.05) is 24.3 Å². The van der Waals surface area contributed by atoms with Gasteiger partial charge in [-0.15, -0.1) is 0 Å². The van der Waals surface area contributed by atoms with Crippen molar-refractivity contribution in [2.24, 2.45) is 0 Å². The first-order valence-corrected chi connectivity index (χ1v) is 6.39. The molecule has 0 atom stereocenters. The fourth-order valence-corrected chi connectivity index (χ4v) is 1.99. The fourth-order valence-electron chi connectivity index (χ4n) is 1.99. The Bertz CT molecular complexity index is 572. The smallest absolute Gasteiger partial charge is 0.127 e. The molecule has 0 bridgehead atoms. The lowest BCUT2D eigenvalue weighted by molar-refractivity contribution is 0.390. The van der Waals surface area contributed by atoms with Crippen LogP contribution in [0.2, 0.25) is 0 Å². The molecule has 0 aromatic heterocycles. The molecule has 0 aliphatic carbocycles. The minimum atomic E-state index is -0.216. The first-order valence-electron chi connectivity index (χ1n) is 6.39. The van der Waals surface area contributed by atoms with Crippen LogP contribution in [-0.4, -0.2) is 14.2 Å². The molecular weight excluding hydrogens is 257 g/mol. The van der Waals surface area contributed by atoms with E-state index in [1.165, 1.54) is 12.1 Å². The van der Waals surface area contributed by atoms with Crippen LogP contribution >= 0.6 is 0 Å². The van der Waals surface area contributed by atoms with Crippen LogP contribution in [0.25, 0.3) is 0 Å². The van der Waals surface area contributed by atoms with Gasteiger partial charge in [-0.1, -0.05) is 18.2 Å². The standard InChI is InChI=1S/C16H18FNO2/c1-19-15-7-6-13(16(9-15)20-2)11-18-10-12-4-3-5-14(17)8-12/h3-9,18H,10-11H2,1-2H3. The number of ether oxygens (including phenoxy) is 2. The lowest BCUT2D eigenvalue weighted by Gasteiger charge is -2.11. The van der Waals surface area contributed by atoms with Gasteiger partial charge in [0.1, 0.15) is 17.3 Å². The lowest BCUT2D eigenvalue weighted by atomic mass is 10.1. The van der Waals surface area contributed by atoms with Crippen LogP contribution in [0.4, 0.5) is 4.39 Å². The van der Waals surface area contributed by atoms with Crippen molar-refractivity contribution in [3.8, 4) is 11.5 Å². The van der Waals surface area contributed by atoms with E-state index >= 15 is 0 Å². The van der Waals surface area contributed by atoms with E-state index < -0.39 is 0 Å². The average molecular weight is 275 g/mol. The Morgan fingerprint density at radius 2 is 1.85 bits per heavy atom. The summed E-state index contributed by atoms with van der Waals surface area (Å²) in [7, 11) is 3.25. The quantitative estimate of drug-likeness (QED) is 0.878. The van der Waals surface area contributed by atoms with Gasteiger partial charge < -0.3 is 14.8 Å². The van der Waals surface area contributed by atoms with E-state index in [-0.39, 0.29) is 5.82 Å². The van der Waals surface area contributed by atoms with Crippen molar-refractivity contribution in [1.82, 2.24) is 5.32 Å². The number of benzene rings is 2. The third kappa shape index (κ3) is 3.71. The number of nitrogens with one attached hydrogen (secondary N) is 1. The molecule has 2 aromatic rings. The Hall–Kier alpha value is -2.07. The summed E-state index contributed by atoms with van der Waals surface area (Å²) in [5.74, 6) is 1.32. The highest BCUT2D eigenvalue weighted by Crippen LogP contribution is 2.24. The van der Waals surface area contributed by atoms with Crippen LogP contribution < -0.4 is 14.8 Å². The highest BCUT2D eigenvalue weighted by molar-refractivity contribution is 5.40. The molecule has 0 fully saturated rings. The lowest BCUT2D eigenvalue weighted by Crippen LogP contribution is -2.13. The molecule has 0 saturated heterocycles. The van der Waals surface area contributed by atoms with Gasteiger partial charge in [0.15, 0.2) is 0 Å². The monoisotopic (exact) mass is 275 g/mol. The van der Waals surface area contributed by atoms with Crippen LogP contribution in [0, 0.1) is 5.82 Å². The molecule has 0 unspecified atom stereocenters. The van der Waals surface area contributed by atoms with Crippen molar-refractivity contribution in [2.75, 3.05) is 14.2 Å². The summed E-state index contributed by atoms with van der Waals surface area (Å²) in [6, 6.07) is 12.3. The van der Waals surface area contributed by atoms with Crippen molar-refractivity contribution in [2.45, 2.75) is 13.1 Å². The summed E-state index contributed by atoms with van der Waals surface area (Å²) >= 11 is 0.